The molecule has 0 aromatic carbocycles. The molecule has 1 saturated heterocycles. The lowest BCUT2D eigenvalue weighted by Crippen LogP contribution is -2.45. The third-order valence-electron chi connectivity index (χ3n) is 4.39. The molecule has 0 radical (unpaired) electrons. The molecule has 2 atom stereocenters. The summed E-state index contributed by atoms with van der Waals surface area (Å²) in [4.78, 5) is 17.2. The zero-order chi connectivity index (χ0) is 19.5. The topological polar surface area (TPSA) is 88.7 Å². The van der Waals surface area contributed by atoms with Crippen molar-refractivity contribution in [1.29, 1.82) is 0 Å². The highest BCUT2D eigenvalue weighted by Gasteiger charge is 2.26. The van der Waals surface area contributed by atoms with Gasteiger partial charge in [0.05, 0.1) is 25.3 Å². The molecule has 0 saturated carbocycles. The number of hydrogen-bond acceptors (Lipinski definition) is 5. The summed E-state index contributed by atoms with van der Waals surface area (Å²) in [5.41, 5.74) is -0.371. The highest BCUT2D eigenvalue weighted by molar-refractivity contribution is 7.09. The van der Waals surface area contributed by atoms with Crippen LogP contribution in [0.25, 0.3) is 0 Å². The van der Waals surface area contributed by atoms with Crippen molar-refractivity contribution < 1.29 is 14.6 Å². The molecule has 0 bridgehead atoms. The van der Waals surface area contributed by atoms with Crippen molar-refractivity contribution in [2.24, 2.45) is 10.4 Å². The molecule has 0 aliphatic carbocycles. The van der Waals surface area contributed by atoms with Crippen LogP contribution in [-0.2, 0) is 16.7 Å². The SMILES string of the molecule is CC(C)(C)c1nn(C[C@H]2CCCO2)/c(=N/C(=O)N[C@H](CO)C(C)(C)C)s1. The van der Waals surface area contributed by atoms with E-state index in [-0.39, 0.29) is 29.6 Å². The lowest BCUT2D eigenvalue weighted by atomic mass is 9.87. The monoisotopic (exact) mass is 384 g/mol. The van der Waals surface area contributed by atoms with Gasteiger partial charge in [0.25, 0.3) is 0 Å². The number of urea groups is 1. The fourth-order valence-electron chi connectivity index (χ4n) is 2.60. The number of nitrogens with zero attached hydrogens (tertiary/aromatic N) is 3. The summed E-state index contributed by atoms with van der Waals surface area (Å²) in [5, 5.41) is 18.0. The maximum absolute atomic E-state index is 12.4. The van der Waals surface area contributed by atoms with Crippen LogP contribution >= 0.6 is 11.3 Å². The quantitative estimate of drug-likeness (QED) is 0.834. The van der Waals surface area contributed by atoms with Crippen molar-refractivity contribution >= 4 is 17.4 Å². The zero-order valence-electron chi connectivity index (χ0n) is 16.7. The van der Waals surface area contributed by atoms with Gasteiger partial charge in [-0.15, -0.1) is 0 Å². The Hall–Kier alpha value is -1.25. The maximum Gasteiger partial charge on any atom is 0.343 e. The number of carbonyl (C=O) groups is 1. The Morgan fingerprint density at radius 2 is 2.12 bits per heavy atom. The van der Waals surface area contributed by atoms with Gasteiger partial charge in [-0.25, -0.2) is 9.48 Å². The largest absolute Gasteiger partial charge is 0.394 e. The van der Waals surface area contributed by atoms with Gasteiger partial charge in [-0.05, 0) is 18.3 Å². The molecule has 2 rings (SSSR count). The second-order valence-electron chi connectivity index (χ2n) is 8.92. The molecule has 1 aromatic rings. The first-order valence-electron chi connectivity index (χ1n) is 9.17. The van der Waals surface area contributed by atoms with Gasteiger partial charge in [0.2, 0.25) is 4.80 Å². The Labute approximate surface area is 159 Å². The Kier molecular flexibility index (Phi) is 6.63. The van der Waals surface area contributed by atoms with Crippen LogP contribution in [0.4, 0.5) is 4.79 Å². The molecule has 1 fully saturated rings. The van der Waals surface area contributed by atoms with Crippen molar-refractivity contribution in [3.8, 4) is 0 Å². The molecule has 1 aliphatic rings. The van der Waals surface area contributed by atoms with Crippen LogP contribution in [0.3, 0.4) is 0 Å². The van der Waals surface area contributed by atoms with E-state index in [9.17, 15) is 9.90 Å². The van der Waals surface area contributed by atoms with Crippen molar-refractivity contribution in [3.05, 3.63) is 9.81 Å². The molecule has 26 heavy (non-hydrogen) atoms. The van der Waals surface area contributed by atoms with E-state index in [1.54, 1.807) is 4.68 Å². The second-order valence-corrected chi connectivity index (χ2v) is 9.88. The van der Waals surface area contributed by atoms with Crippen molar-refractivity contribution in [1.82, 2.24) is 15.1 Å². The predicted molar refractivity (Wildman–Crippen MR) is 102 cm³/mol. The number of ether oxygens (including phenoxy) is 1. The Balaban J connectivity index is 2.28. The van der Waals surface area contributed by atoms with E-state index in [1.807, 2.05) is 20.8 Å². The maximum atomic E-state index is 12.4. The minimum Gasteiger partial charge on any atom is -0.394 e. The molecule has 2 heterocycles. The van der Waals surface area contributed by atoms with Crippen molar-refractivity contribution in [2.75, 3.05) is 13.2 Å². The summed E-state index contributed by atoms with van der Waals surface area (Å²) in [5.74, 6) is 0. The van der Waals surface area contributed by atoms with Crippen LogP contribution in [0, 0.1) is 5.41 Å². The van der Waals surface area contributed by atoms with Crippen LogP contribution in [0.2, 0.25) is 0 Å². The van der Waals surface area contributed by atoms with Gasteiger partial charge in [0, 0.05) is 12.0 Å². The second kappa shape index (κ2) is 8.19. The van der Waals surface area contributed by atoms with E-state index in [0.717, 1.165) is 24.5 Å². The fourth-order valence-corrected chi connectivity index (χ4v) is 3.57. The van der Waals surface area contributed by atoms with Crippen LogP contribution in [0.5, 0.6) is 0 Å². The molecule has 148 valence electrons. The van der Waals surface area contributed by atoms with Crippen molar-refractivity contribution in [3.63, 3.8) is 0 Å². The molecule has 7 nitrogen and oxygen atoms in total. The summed E-state index contributed by atoms with van der Waals surface area (Å²) in [6.07, 6.45) is 2.17. The van der Waals surface area contributed by atoms with Gasteiger partial charge in [-0.1, -0.05) is 52.9 Å². The third-order valence-corrected chi connectivity index (χ3v) is 5.76. The van der Waals surface area contributed by atoms with E-state index >= 15 is 0 Å². The number of carbonyl (C=O) groups excluding carboxylic acids is 1. The molecular weight excluding hydrogens is 352 g/mol. The predicted octanol–water partition coefficient (Wildman–Crippen LogP) is 2.44. The Morgan fingerprint density at radius 1 is 1.42 bits per heavy atom. The standard InChI is InChI=1S/C18H32N4O3S/c1-17(2,3)13(11-23)19-15(24)20-16-22(10-12-8-7-9-25-12)21-14(26-16)18(4,5)6/h12-13,23H,7-11H2,1-6H3,(H,19,24)/b20-16-/t12-,13-/m1/s1. The summed E-state index contributed by atoms with van der Waals surface area (Å²) in [6, 6.07) is -0.815. The highest BCUT2D eigenvalue weighted by Crippen LogP contribution is 2.23. The number of amides is 2. The number of aliphatic hydroxyl groups excluding tert-OH is 1. The average molecular weight is 385 g/mol. The van der Waals surface area contributed by atoms with Crippen LogP contribution in [0.15, 0.2) is 4.99 Å². The molecule has 2 amide bonds. The lowest BCUT2D eigenvalue weighted by molar-refractivity contribution is 0.0928. The average Bonchev–Trinajstić information content (AvgIpc) is 3.14. The van der Waals surface area contributed by atoms with Gasteiger partial charge < -0.3 is 15.2 Å². The first-order chi connectivity index (χ1) is 12.0. The number of rotatable bonds is 4. The van der Waals surface area contributed by atoms with E-state index in [2.05, 4.69) is 36.2 Å². The smallest absolute Gasteiger partial charge is 0.343 e. The van der Waals surface area contributed by atoms with Gasteiger partial charge in [-0.3, -0.25) is 0 Å². The van der Waals surface area contributed by atoms with E-state index in [1.165, 1.54) is 11.3 Å². The molecule has 0 spiro atoms. The van der Waals surface area contributed by atoms with Crippen molar-refractivity contribution in [2.45, 2.75) is 78.5 Å². The van der Waals surface area contributed by atoms with E-state index < -0.39 is 6.03 Å². The first kappa shape index (κ1) is 21.1. The summed E-state index contributed by atoms with van der Waals surface area (Å²) >= 11 is 1.43. The van der Waals surface area contributed by atoms with Crippen LogP contribution in [0.1, 0.15) is 59.4 Å². The van der Waals surface area contributed by atoms with Gasteiger partial charge in [-0.2, -0.15) is 10.1 Å². The molecule has 2 N–H and O–H groups in total. The summed E-state index contributed by atoms with van der Waals surface area (Å²) in [7, 11) is 0. The Morgan fingerprint density at radius 3 is 2.62 bits per heavy atom. The lowest BCUT2D eigenvalue weighted by Gasteiger charge is -2.28. The fraction of sp³-hybridized carbons (Fsp3) is 0.833. The summed E-state index contributed by atoms with van der Waals surface area (Å²) in [6.45, 7) is 13.4. The van der Waals surface area contributed by atoms with Gasteiger partial charge in [0.1, 0.15) is 5.01 Å². The zero-order valence-corrected chi connectivity index (χ0v) is 17.5. The Bertz CT molecular complexity index is 676. The van der Waals surface area contributed by atoms with Gasteiger partial charge in [0.15, 0.2) is 0 Å². The van der Waals surface area contributed by atoms with Crippen LogP contribution in [-0.4, -0.2) is 46.3 Å². The van der Waals surface area contributed by atoms with E-state index in [0.29, 0.717) is 11.3 Å². The third kappa shape index (κ3) is 5.62. The van der Waals surface area contributed by atoms with E-state index in [4.69, 9.17) is 4.74 Å². The molecule has 1 aliphatic heterocycles. The molecular formula is C18H32N4O3S. The first-order valence-corrected chi connectivity index (χ1v) is 9.98. The van der Waals surface area contributed by atoms with Crippen LogP contribution < -0.4 is 10.1 Å². The van der Waals surface area contributed by atoms with Gasteiger partial charge >= 0.3 is 6.03 Å². The normalized spacial score (nSPS) is 20.4. The number of nitrogens with one attached hydrogen (secondary N) is 1. The molecule has 0 unspecified atom stereocenters. The summed E-state index contributed by atoms with van der Waals surface area (Å²) < 4.78 is 7.49. The molecule has 1 aromatic heterocycles. The number of aliphatic hydroxyl groups is 1. The minimum absolute atomic E-state index is 0.117. The molecule has 8 heteroatoms. The minimum atomic E-state index is -0.454. The highest BCUT2D eigenvalue weighted by atomic mass is 32.1. The number of hydrogen-bond donors (Lipinski definition) is 2. The number of aromatic nitrogens is 2.